The summed E-state index contributed by atoms with van der Waals surface area (Å²) in [5, 5.41) is 6.87. The maximum atomic E-state index is 12.1. The Morgan fingerprint density at radius 1 is 1.35 bits per heavy atom. The van der Waals surface area contributed by atoms with Crippen LogP contribution in [0.2, 0.25) is 0 Å². The van der Waals surface area contributed by atoms with Crippen LogP contribution in [0.15, 0.2) is 0 Å². The smallest absolute Gasteiger partial charge is 0.239 e. The molecule has 0 saturated carbocycles. The first-order valence-electron chi connectivity index (χ1n) is 7.03. The van der Waals surface area contributed by atoms with Gasteiger partial charge in [-0.15, -0.1) is 0 Å². The number of hydrogen-bond acceptors (Lipinski definition) is 3. The maximum absolute atomic E-state index is 12.1. The van der Waals surface area contributed by atoms with E-state index in [0.717, 1.165) is 26.2 Å². The third kappa shape index (κ3) is 3.68. The lowest BCUT2D eigenvalue weighted by Gasteiger charge is -2.26. The van der Waals surface area contributed by atoms with E-state index in [1.807, 2.05) is 11.8 Å². The van der Waals surface area contributed by atoms with E-state index >= 15 is 0 Å². The van der Waals surface area contributed by atoms with Crippen molar-refractivity contribution in [3.05, 3.63) is 0 Å². The van der Waals surface area contributed by atoms with E-state index in [2.05, 4.69) is 10.6 Å². The van der Waals surface area contributed by atoms with Crippen molar-refractivity contribution >= 4 is 5.91 Å². The molecule has 2 rings (SSSR count). The molecule has 0 aliphatic carbocycles. The van der Waals surface area contributed by atoms with Gasteiger partial charge in [0.1, 0.15) is 0 Å². The van der Waals surface area contributed by atoms with Gasteiger partial charge in [0.05, 0.1) is 6.04 Å². The van der Waals surface area contributed by atoms with Crippen LogP contribution in [0.3, 0.4) is 0 Å². The average molecular weight is 239 g/mol. The zero-order valence-electron chi connectivity index (χ0n) is 10.9. The number of piperidine rings is 1. The van der Waals surface area contributed by atoms with Gasteiger partial charge in [0.25, 0.3) is 0 Å². The first-order valence-corrected chi connectivity index (χ1v) is 7.03. The fraction of sp³-hybridized carbons (Fsp3) is 0.923. The topological polar surface area (TPSA) is 44.4 Å². The van der Waals surface area contributed by atoms with E-state index in [-0.39, 0.29) is 11.9 Å². The van der Waals surface area contributed by atoms with Crippen molar-refractivity contribution in [2.45, 2.75) is 51.1 Å². The van der Waals surface area contributed by atoms with E-state index in [9.17, 15) is 4.79 Å². The molecule has 2 aliphatic rings. The molecule has 0 bridgehead atoms. The van der Waals surface area contributed by atoms with Gasteiger partial charge in [0.15, 0.2) is 0 Å². The minimum Gasteiger partial charge on any atom is -0.341 e. The summed E-state index contributed by atoms with van der Waals surface area (Å²) < 4.78 is 0. The molecule has 0 aromatic heterocycles. The molecule has 0 aromatic rings. The third-order valence-electron chi connectivity index (χ3n) is 3.87. The molecule has 2 unspecified atom stereocenters. The molecule has 0 spiro atoms. The van der Waals surface area contributed by atoms with Crippen LogP contribution in [-0.2, 0) is 4.79 Å². The number of rotatable bonds is 4. The number of nitrogens with zero attached hydrogens (tertiary/aromatic N) is 1. The summed E-state index contributed by atoms with van der Waals surface area (Å²) in [5.41, 5.74) is 0. The van der Waals surface area contributed by atoms with E-state index in [1.54, 1.807) is 0 Å². The second-order valence-corrected chi connectivity index (χ2v) is 5.31. The van der Waals surface area contributed by atoms with Crippen LogP contribution >= 0.6 is 0 Å². The summed E-state index contributed by atoms with van der Waals surface area (Å²) in [6.07, 6.45) is 6.18. The summed E-state index contributed by atoms with van der Waals surface area (Å²) in [4.78, 5) is 14.1. The van der Waals surface area contributed by atoms with Gasteiger partial charge in [-0.3, -0.25) is 4.79 Å². The first-order chi connectivity index (χ1) is 8.27. The monoisotopic (exact) mass is 239 g/mol. The molecular weight excluding hydrogens is 214 g/mol. The molecule has 4 heteroatoms. The lowest BCUT2D eigenvalue weighted by Crippen LogP contribution is -2.49. The Kier molecular flexibility index (Phi) is 4.80. The Bertz CT molecular complexity index is 245. The first kappa shape index (κ1) is 12.8. The van der Waals surface area contributed by atoms with E-state index < -0.39 is 0 Å². The molecule has 98 valence electrons. The lowest BCUT2D eigenvalue weighted by molar-refractivity contribution is -0.131. The van der Waals surface area contributed by atoms with Crippen LogP contribution in [0.1, 0.15) is 39.0 Å². The molecule has 0 aromatic carbocycles. The molecule has 2 saturated heterocycles. The highest BCUT2D eigenvalue weighted by Gasteiger charge is 2.23. The molecule has 2 fully saturated rings. The molecule has 4 nitrogen and oxygen atoms in total. The van der Waals surface area contributed by atoms with Gasteiger partial charge in [0, 0.05) is 25.7 Å². The number of carbonyl (C=O) groups excluding carboxylic acids is 1. The Morgan fingerprint density at radius 3 is 2.76 bits per heavy atom. The molecule has 2 heterocycles. The average Bonchev–Trinajstić information content (AvgIpc) is 2.90. The van der Waals surface area contributed by atoms with Crippen LogP contribution in [0.5, 0.6) is 0 Å². The summed E-state index contributed by atoms with van der Waals surface area (Å²) in [5.74, 6) is 0.276. The van der Waals surface area contributed by atoms with Gasteiger partial charge >= 0.3 is 0 Å². The normalized spacial score (nSPS) is 27.1. The van der Waals surface area contributed by atoms with E-state index in [4.69, 9.17) is 0 Å². The minimum atomic E-state index is -0.0307. The van der Waals surface area contributed by atoms with Crippen molar-refractivity contribution in [1.29, 1.82) is 0 Å². The van der Waals surface area contributed by atoms with Crippen molar-refractivity contribution in [2.75, 3.05) is 26.2 Å². The fourth-order valence-electron chi connectivity index (χ4n) is 2.72. The van der Waals surface area contributed by atoms with Gasteiger partial charge in [-0.2, -0.15) is 0 Å². The number of carbonyl (C=O) groups is 1. The van der Waals surface area contributed by atoms with Crippen molar-refractivity contribution in [1.82, 2.24) is 15.5 Å². The van der Waals surface area contributed by atoms with Gasteiger partial charge in [-0.25, -0.2) is 0 Å². The number of hydrogen-bond donors (Lipinski definition) is 2. The number of amides is 1. The van der Waals surface area contributed by atoms with Gasteiger partial charge in [-0.1, -0.05) is 6.42 Å². The Morgan fingerprint density at radius 2 is 2.12 bits per heavy atom. The Hall–Kier alpha value is -0.610. The second-order valence-electron chi connectivity index (χ2n) is 5.31. The molecule has 2 atom stereocenters. The molecule has 0 radical (unpaired) electrons. The highest BCUT2D eigenvalue weighted by Crippen LogP contribution is 2.10. The van der Waals surface area contributed by atoms with Gasteiger partial charge in [0.2, 0.25) is 5.91 Å². The van der Waals surface area contributed by atoms with Gasteiger partial charge < -0.3 is 15.5 Å². The fourth-order valence-corrected chi connectivity index (χ4v) is 2.72. The van der Waals surface area contributed by atoms with Crippen LogP contribution in [-0.4, -0.2) is 49.1 Å². The van der Waals surface area contributed by atoms with E-state index in [0.29, 0.717) is 6.04 Å². The lowest BCUT2D eigenvalue weighted by atomic mass is 10.0. The largest absolute Gasteiger partial charge is 0.341 e. The number of nitrogens with one attached hydrogen (secondary N) is 2. The van der Waals surface area contributed by atoms with Gasteiger partial charge in [-0.05, 0) is 39.2 Å². The maximum Gasteiger partial charge on any atom is 0.239 e. The molecule has 17 heavy (non-hydrogen) atoms. The third-order valence-corrected chi connectivity index (χ3v) is 3.87. The van der Waals surface area contributed by atoms with Crippen LogP contribution in [0.4, 0.5) is 0 Å². The van der Waals surface area contributed by atoms with E-state index in [1.165, 1.54) is 32.1 Å². The summed E-state index contributed by atoms with van der Waals surface area (Å²) in [7, 11) is 0. The van der Waals surface area contributed by atoms with Crippen LogP contribution in [0.25, 0.3) is 0 Å². The standard InChI is InChI=1S/C13H25N3O/c1-11(13(17)16-8-4-5-9-16)15-10-12-6-2-3-7-14-12/h11-12,14-15H,2-10H2,1H3. The molecular formula is C13H25N3O. The predicted molar refractivity (Wildman–Crippen MR) is 68.9 cm³/mol. The highest BCUT2D eigenvalue weighted by atomic mass is 16.2. The van der Waals surface area contributed by atoms with Crippen molar-refractivity contribution in [3.8, 4) is 0 Å². The van der Waals surface area contributed by atoms with Crippen molar-refractivity contribution in [2.24, 2.45) is 0 Å². The second kappa shape index (κ2) is 6.36. The van der Waals surface area contributed by atoms with Crippen LogP contribution in [0, 0.1) is 0 Å². The summed E-state index contributed by atoms with van der Waals surface area (Å²) in [6.45, 7) is 5.93. The predicted octanol–water partition coefficient (Wildman–Crippen LogP) is 0.729. The van der Waals surface area contributed by atoms with Crippen LogP contribution < -0.4 is 10.6 Å². The Labute approximate surface area is 104 Å². The summed E-state index contributed by atoms with van der Waals surface area (Å²) >= 11 is 0. The molecule has 2 aliphatic heterocycles. The Balaban J connectivity index is 1.68. The molecule has 2 N–H and O–H groups in total. The SMILES string of the molecule is CC(NCC1CCCCN1)C(=O)N1CCCC1. The quantitative estimate of drug-likeness (QED) is 0.760. The zero-order valence-corrected chi connectivity index (χ0v) is 10.9. The zero-order chi connectivity index (χ0) is 12.1. The van der Waals surface area contributed by atoms with Crippen molar-refractivity contribution in [3.63, 3.8) is 0 Å². The summed E-state index contributed by atoms with van der Waals surface area (Å²) in [6, 6.07) is 0.523. The molecule has 1 amide bonds. The minimum absolute atomic E-state index is 0.0307. The highest BCUT2D eigenvalue weighted by molar-refractivity contribution is 5.81. The number of likely N-dealkylation sites (tertiary alicyclic amines) is 1. The van der Waals surface area contributed by atoms with Crippen molar-refractivity contribution < 1.29 is 4.79 Å².